The molecule has 3 aliphatic heterocycles. The Morgan fingerprint density at radius 1 is 0.773 bits per heavy atom. The molecule has 0 radical (unpaired) electrons. The van der Waals surface area contributed by atoms with Gasteiger partial charge >= 0.3 is 0 Å². The van der Waals surface area contributed by atoms with E-state index in [0.717, 1.165) is 24.6 Å². The molecule has 0 amide bonds. The molecule has 3 heterocycles. The highest BCUT2D eigenvalue weighted by Crippen LogP contribution is 2.46. The van der Waals surface area contributed by atoms with E-state index >= 15 is 0 Å². The molecule has 5 rings (SSSR count). The quantitative estimate of drug-likeness (QED) is 0.745. The van der Waals surface area contributed by atoms with E-state index in [1.165, 1.54) is 22.5 Å². The Balaban J connectivity index is 1.54. The van der Waals surface area contributed by atoms with Crippen molar-refractivity contribution in [2.75, 3.05) is 22.9 Å². The fraction of sp³-hybridized carbons (Fsp3) is 0.333. The zero-order chi connectivity index (χ0) is 14.8. The van der Waals surface area contributed by atoms with Crippen LogP contribution in [-0.2, 0) is 0 Å². The van der Waals surface area contributed by atoms with Crippen LogP contribution < -0.4 is 19.3 Å². The molecule has 0 N–H and O–H groups in total. The van der Waals surface area contributed by atoms with E-state index in [0.29, 0.717) is 0 Å². The minimum absolute atomic E-state index is 0.0711. The van der Waals surface area contributed by atoms with Crippen LogP contribution in [-0.4, -0.2) is 25.5 Å². The number of benzene rings is 2. The maximum absolute atomic E-state index is 6.20. The van der Waals surface area contributed by atoms with Crippen molar-refractivity contribution in [2.24, 2.45) is 0 Å². The molecule has 0 aromatic heterocycles. The van der Waals surface area contributed by atoms with Gasteiger partial charge in [0.25, 0.3) is 0 Å². The number of rotatable bonds is 0. The summed E-state index contributed by atoms with van der Waals surface area (Å²) in [6.45, 7) is 6.14. The normalized spacial score (nSPS) is 24.1. The Morgan fingerprint density at radius 2 is 1.23 bits per heavy atom. The second kappa shape index (κ2) is 4.09. The first-order valence-corrected chi connectivity index (χ1v) is 7.79. The molecule has 2 aromatic carbocycles. The average molecular weight is 294 g/mol. The lowest BCUT2D eigenvalue weighted by atomic mass is 10.1. The predicted octanol–water partition coefficient (Wildman–Crippen LogP) is 3.07. The van der Waals surface area contributed by atoms with Gasteiger partial charge in [0.05, 0.1) is 11.4 Å². The molecule has 1 fully saturated rings. The van der Waals surface area contributed by atoms with Crippen LogP contribution in [0.2, 0.25) is 0 Å². The molecule has 0 bridgehead atoms. The van der Waals surface area contributed by atoms with E-state index in [4.69, 9.17) is 9.47 Å². The van der Waals surface area contributed by atoms with Crippen LogP contribution in [0.1, 0.15) is 11.1 Å². The average Bonchev–Trinajstić information content (AvgIpc) is 3.05. The minimum Gasteiger partial charge on any atom is -0.462 e. The van der Waals surface area contributed by atoms with Crippen molar-refractivity contribution < 1.29 is 9.47 Å². The van der Waals surface area contributed by atoms with Gasteiger partial charge in [-0.3, -0.25) is 0 Å². The fourth-order valence-corrected chi connectivity index (χ4v) is 3.70. The van der Waals surface area contributed by atoms with Crippen molar-refractivity contribution in [1.82, 2.24) is 0 Å². The summed E-state index contributed by atoms with van der Waals surface area (Å²) in [5.41, 5.74) is 4.91. The van der Waals surface area contributed by atoms with Crippen molar-refractivity contribution in [3.05, 3.63) is 47.5 Å². The molecule has 1 saturated heterocycles. The Labute approximate surface area is 129 Å². The first-order chi connectivity index (χ1) is 10.7. The molecule has 0 spiro atoms. The third-order valence-corrected chi connectivity index (χ3v) is 4.78. The predicted molar refractivity (Wildman–Crippen MR) is 85.9 cm³/mol. The van der Waals surface area contributed by atoms with Crippen molar-refractivity contribution >= 4 is 11.4 Å². The van der Waals surface area contributed by atoms with Crippen LogP contribution in [0.25, 0.3) is 0 Å². The second-order valence-corrected chi connectivity index (χ2v) is 6.35. The lowest BCUT2D eigenvalue weighted by Gasteiger charge is -2.40. The van der Waals surface area contributed by atoms with Crippen LogP contribution >= 0.6 is 0 Å². The van der Waals surface area contributed by atoms with Gasteiger partial charge in [0.1, 0.15) is 11.5 Å². The van der Waals surface area contributed by atoms with Crippen molar-refractivity contribution in [3.63, 3.8) is 0 Å². The molecule has 22 heavy (non-hydrogen) atoms. The third-order valence-electron chi connectivity index (χ3n) is 4.78. The van der Waals surface area contributed by atoms with Gasteiger partial charge in [0.2, 0.25) is 12.5 Å². The zero-order valence-electron chi connectivity index (χ0n) is 12.7. The van der Waals surface area contributed by atoms with Gasteiger partial charge in [0, 0.05) is 13.1 Å². The summed E-state index contributed by atoms with van der Waals surface area (Å²) >= 11 is 0. The van der Waals surface area contributed by atoms with Crippen LogP contribution in [0.3, 0.4) is 0 Å². The first kappa shape index (κ1) is 12.2. The standard InChI is InChI=1S/C18H18N2O2/c1-11-3-5-15-13(9-11)19-7-8-20-14-10-12(2)4-6-16(14)22-18(20)17(19)21-15/h3-6,9-10,17-18H,7-8H2,1-2H3/t17-,18-/m0/s1. The number of anilines is 2. The Bertz CT molecular complexity index is 708. The largest absolute Gasteiger partial charge is 0.462 e. The van der Waals surface area contributed by atoms with Crippen molar-refractivity contribution in [1.29, 1.82) is 0 Å². The van der Waals surface area contributed by atoms with E-state index in [9.17, 15) is 0 Å². The molecule has 0 saturated carbocycles. The molecule has 4 heteroatoms. The highest BCUT2D eigenvalue weighted by atomic mass is 16.6. The van der Waals surface area contributed by atoms with Gasteiger partial charge in [-0.25, -0.2) is 0 Å². The van der Waals surface area contributed by atoms with E-state index in [-0.39, 0.29) is 12.5 Å². The maximum Gasteiger partial charge on any atom is 0.229 e. The number of aryl methyl sites for hydroxylation is 2. The summed E-state index contributed by atoms with van der Waals surface area (Å²) in [5.74, 6) is 1.93. The number of hydrogen-bond donors (Lipinski definition) is 0. The molecular weight excluding hydrogens is 276 g/mol. The number of fused-ring (bicyclic) bond motifs is 7. The van der Waals surface area contributed by atoms with Gasteiger partial charge in [0.15, 0.2) is 0 Å². The molecule has 4 nitrogen and oxygen atoms in total. The summed E-state index contributed by atoms with van der Waals surface area (Å²) < 4.78 is 12.4. The Morgan fingerprint density at radius 3 is 1.68 bits per heavy atom. The summed E-state index contributed by atoms with van der Waals surface area (Å²) in [5, 5.41) is 0. The van der Waals surface area contributed by atoms with Crippen molar-refractivity contribution in [3.8, 4) is 11.5 Å². The van der Waals surface area contributed by atoms with Gasteiger partial charge in [-0.15, -0.1) is 0 Å². The molecule has 3 aliphatic rings. The van der Waals surface area contributed by atoms with E-state index in [1.54, 1.807) is 0 Å². The smallest absolute Gasteiger partial charge is 0.229 e. The molecule has 2 atom stereocenters. The van der Waals surface area contributed by atoms with Gasteiger partial charge in [-0.1, -0.05) is 12.1 Å². The van der Waals surface area contributed by atoms with Crippen LogP contribution in [0, 0.1) is 13.8 Å². The molecular formula is C18H18N2O2. The van der Waals surface area contributed by atoms with Crippen LogP contribution in [0.4, 0.5) is 11.4 Å². The third kappa shape index (κ3) is 1.52. The number of piperazine rings is 1. The first-order valence-electron chi connectivity index (χ1n) is 7.79. The topological polar surface area (TPSA) is 24.9 Å². The summed E-state index contributed by atoms with van der Waals surface area (Å²) in [6, 6.07) is 12.7. The Hall–Kier alpha value is -2.36. The van der Waals surface area contributed by atoms with E-state index < -0.39 is 0 Å². The van der Waals surface area contributed by atoms with Gasteiger partial charge in [-0.2, -0.15) is 0 Å². The molecule has 2 aromatic rings. The summed E-state index contributed by atoms with van der Waals surface area (Å²) in [4.78, 5) is 4.67. The van der Waals surface area contributed by atoms with Crippen LogP contribution in [0.15, 0.2) is 36.4 Å². The minimum atomic E-state index is -0.0711. The summed E-state index contributed by atoms with van der Waals surface area (Å²) in [7, 11) is 0. The lowest BCUT2D eigenvalue weighted by molar-refractivity contribution is 0.0649. The summed E-state index contributed by atoms with van der Waals surface area (Å²) in [6.07, 6.45) is -0.142. The highest BCUT2D eigenvalue weighted by Gasteiger charge is 2.48. The Kier molecular flexibility index (Phi) is 2.27. The van der Waals surface area contributed by atoms with Crippen molar-refractivity contribution in [2.45, 2.75) is 26.3 Å². The lowest BCUT2D eigenvalue weighted by Crippen LogP contribution is -2.60. The maximum atomic E-state index is 6.20. The number of hydrogen-bond acceptors (Lipinski definition) is 4. The number of ether oxygens (including phenoxy) is 2. The van der Waals surface area contributed by atoms with E-state index in [1.807, 2.05) is 0 Å². The zero-order valence-corrected chi connectivity index (χ0v) is 12.7. The fourth-order valence-electron chi connectivity index (χ4n) is 3.70. The van der Waals surface area contributed by atoms with Gasteiger partial charge < -0.3 is 19.3 Å². The molecule has 0 unspecified atom stereocenters. The SMILES string of the molecule is Cc1ccc2c(c1)N1CCN3c4cc(C)ccc4O[C@H]3[C@@H]1O2. The number of nitrogens with zero attached hydrogens (tertiary/aromatic N) is 2. The second-order valence-electron chi connectivity index (χ2n) is 6.35. The monoisotopic (exact) mass is 294 g/mol. The highest BCUT2D eigenvalue weighted by molar-refractivity contribution is 5.69. The van der Waals surface area contributed by atoms with Crippen LogP contribution in [0.5, 0.6) is 11.5 Å². The van der Waals surface area contributed by atoms with E-state index in [2.05, 4.69) is 60.0 Å². The molecule has 112 valence electrons. The molecule has 0 aliphatic carbocycles. The van der Waals surface area contributed by atoms with Gasteiger partial charge in [-0.05, 0) is 49.2 Å².